The summed E-state index contributed by atoms with van der Waals surface area (Å²) >= 11 is 0. The van der Waals surface area contributed by atoms with Crippen LogP contribution in [0.3, 0.4) is 0 Å². The summed E-state index contributed by atoms with van der Waals surface area (Å²) in [6.07, 6.45) is 9.37. The van der Waals surface area contributed by atoms with Crippen molar-refractivity contribution in [1.82, 2.24) is 21.3 Å². The summed E-state index contributed by atoms with van der Waals surface area (Å²) in [5, 5.41) is 35.0. The Morgan fingerprint density at radius 2 is 1.33 bits per heavy atom. The number of carboxylic acids is 2. The molecule has 0 aliphatic carbocycles. The molecule has 5 aliphatic rings. The van der Waals surface area contributed by atoms with E-state index in [0.717, 1.165) is 25.7 Å². The number of nitrogens with one attached hydrogen (secondary N) is 4. The summed E-state index contributed by atoms with van der Waals surface area (Å²) in [5.74, 6) is -0.128. The van der Waals surface area contributed by atoms with Crippen LogP contribution in [0, 0.1) is 23.7 Å². The Hall–Kier alpha value is -2.26. The first-order valence-corrected chi connectivity index (χ1v) is 16.1. The fraction of sp³-hybridized carbons (Fsp3) is 0.706. The molecule has 5 aliphatic heterocycles. The molecule has 232 valence electrons. The molecule has 0 radical (unpaired) electrons. The number of carbonyl (C=O) groups is 2. The number of aliphatic carboxylic acids is 2. The van der Waals surface area contributed by atoms with Crippen molar-refractivity contribution in [2.75, 3.05) is 0 Å². The van der Waals surface area contributed by atoms with Crippen LogP contribution in [-0.2, 0) is 9.59 Å². The first-order valence-electron chi connectivity index (χ1n) is 16.1. The second-order valence-corrected chi connectivity index (χ2v) is 13.8. The minimum atomic E-state index is -0.770. The second-order valence-electron chi connectivity index (χ2n) is 13.8. The molecular weight excluding hydrogens is 528 g/mol. The smallest absolute Gasteiger partial charge is 0.303 e. The van der Waals surface area contributed by atoms with Crippen molar-refractivity contribution in [1.29, 1.82) is 0 Å². The minimum absolute atomic E-state index is 0.0813. The molecule has 0 amide bonds. The quantitative estimate of drug-likeness (QED) is 0.237. The van der Waals surface area contributed by atoms with Gasteiger partial charge in [0, 0.05) is 61.2 Å². The van der Waals surface area contributed by atoms with Gasteiger partial charge in [-0.3, -0.25) is 9.59 Å². The maximum Gasteiger partial charge on any atom is 0.303 e. The number of rotatable bonds is 8. The molecule has 8 nitrogen and oxygen atoms in total. The molecule has 12 unspecified atom stereocenters. The molecule has 3 saturated heterocycles. The average Bonchev–Trinajstić information content (AvgIpc) is 3.59. The highest BCUT2D eigenvalue weighted by atomic mass is 16.4. The molecule has 5 heterocycles. The Bertz CT molecular complexity index is 1150. The van der Waals surface area contributed by atoms with E-state index >= 15 is 0 Å². The van der Waals surface area contributed by atoms with E-state index in [4.69, 9.17) is 0 Å². The van der Waals surface area contributed by atoms with Gasteiger partial charge in [-0.2, -0.15) is 0 Å². The maximum absolute atomic E-state index is 11.6. The molecule has 8 bridgehead atoms. The van der Waals surface area contributed by atoms with Gasteiger partial charge in [-0.25, -0.2) is 0 Å². The molecular formula is C34H52N4O4. The monoisotopic (exact) mass is 580 g/mol. The Balaban J connectivity index is 1.50. The van der Waals surface area contributed by atoms with Crippen LogP contribution >= 0.6 is 0 Å². The molecule has 3 fully saturated rings. The average molecular weight is 581 g/mol. The summed E-state index contributed by atoms with van der Waals surface area (Å²) in [6, 6.07) is 1.82. The summed E-state index contributed by atoms with van der Waals surface area (Å²) in [7, 11) is 0. The highest BCUT2D eigenvalue weighted by Crippen LogP contribution is 2.42. The van der Waals surface area contributed by atoms with E-state index in [0.29, 0.717) is 36.6 Å². The third-order valence-corrected chi connectivity index (χ3v) is 11.7. The van der Waals surface area contributed by atoms with Gasteiger partial charge in [0.2, 0.25) is 0 Å². The van der Waals surface area contributed by atoms with Gasteiger partial charge in [0.05, 0.1) is 0 Å². The third-order valence-electron chi connectivity index (χ3n) is 11.7. The van der Waals surface area contributed by atoms with Gasteiger partial charge in [0.1, 0.15) is 0 Å². The molecule has 0 spiro atoms. The van der Waals surface area contributed by atoms with Crippen LogP contribution in [0.2, 0.25) is 0 Å². The number of carboxylic acid groups (broad SMARTS) is 2. The second kappa shape index (κ2) is 12.8. The van der Waals surface area contributed by atoms with Gasteiger partial charge in [0.15, 0.2) is 0 Å². The summed E-state index contributed by atoms with van der Waals surface area (Å²) in [6.45, 7) is 17.5. The number of hydrogen-bond acceptors (Lipinski definition) is 6. The predicted octanol–water partition coefficient (Wildman–Crippen LogP) is 4.16. The largest absolute Gasteiger partial charge is 0.481 e. The normalized spacial score (nSPS) is 41.8. The zero-order valence-electron chi connectivity index (χ0n) is 25.9. The lowest BCUT2D eigenvalue weighted by molar-refractivity contribution is -0.138. The van der Waals surface area contributed by atoms with E-state index in [2.05, 4.69) is 68.2 Å². The topological polar surface area (TPSA) is 123 Å². The lowest BCUT2D eigenvalue weighted by atomic mass is 9.80. The summed E-state index contributed by atoms with van der Waals surface area (Å²) in [5.41, 5.74) is 5.21. The van der Waals surface area contributed by atoms with E-state index in [-0.39, 0.29) is 61.1 Å². The van der Waals surface area contributed by atoms with Crippen LogP contribution in [-0.4, -0.2) is 70.5 Å². The fourth-order valence-corrected chi connectivity index (χ4v) is 9.28. The zero-order chi connectivity index (χ0) is 30.3. The van der Waals surface area contributed by atoms with Crippen molar-refractivity contribution in [2.45, 2.75) is 127 Å². The van der Waals surface area contributed by atoms with Crippen LogP contribution in [0.15, 0.2) is 47.6 Å². The lowest BCUT2D eigenvalue weighted by Crippen LogP contribution is -2.46. The van der Waals surface area contributed by atoms with Gasteiger partial charge in [0.25, 0.3) is 0 Å². The highest BCUT2D eigenvalue weighted by Gasteiger charge is 2.47. The van der Waals surface area contributed by atoms with Crippen LogP contribution in [0.25, 0.3) is 0 Å². The minimum Gasteiger partial charge on any atom is -0.481 e. The van der Waals surface area contributed by atoms with Gasteiger partial charge >= 0.3 is 11.9 Å². The number of hydrogen-bond donors (Lipinski definition) is 6. The maximum atomic E-state index is 11.6. The molecule has 6 N–H and O–H groups in total. The predicted molar refractivity (Wildman–Crippen MR) is 166 cm³/mol. The Morgan fingerprint density at radius 3 is 2.00 bits per heavy atom. The standard InChI is InChI=1S/C34H52N4O4/c1-7-21-17(3)25-13-26-19(5)23(9-11-33(39)40)31(37-26)16-32-24(10-12-34(41)42)20(6)28(38-32)15-30-22(8-2)18(4)27(36-30)14-29(21)35-25/h7-8,18-19,22-23,25-32,35-38H,1-2,9-16H2,3-6H3,(H,39,40)(H,41,42). The first-order chi connectivity index (χ1) is 20.0. The molecule has 5 rings (SSSR count). The Labute approximate surface area is 251 Å². The van der Waals surface area contributed by atoms with Crippen molar-refractivity contribution in [2.24, 2.45) is 23.7 Å². The third kappa shape index (κ3) is 6.05. The molecule has 42 heavy (non-hydrogen) atoms. The van der Waals surface area contributed by atoms with Crippen LogP contribution in [0.1, 0.15) is 79.1 Å². The molecule has 8 heteroatoms. The number of fused-ring (bicyclic) bond motifs is 8. The molecule has 12 atom stereocenters. The lowest BCUT2D eigenvalue weighted by Gasteiger charge is -2.28. The van der Waals surface area contributed by atoms with E-state index in [1.807, 2.05) is 6.08 Å². The molecule has 0 aromatic rings. The van der Waals surface area contributed by atoms with Crippen LogP contribution in [0.5, 0.6) is 0 Å². The van der Waals surface area contributed by atoms with E-state index < -0.39 is 11.9 Å². The van der Waals surface area contributed by atoms with Crippen molar-refractivity contribution in [3.8, 4) is 0 Å². The van der Waals surface area contributed by atoms with Crippen molar-refractivity contribution < 1.29 is 19.8 Å². The molecule has 0 aromatic heterocycles. The van der Waals surface area contributed by atoms with Crippen LogP contribution in [0.4, 0.5) is 0 Å². The van der Waals surface area contributed by atoms with Gasteiger partial charge in [-0.1, -0.05) is 49.3 Å². The fourth-order valence-electron chi connectivity index (χ4n) is 9.28. The van der Waals surface area contributed by atoms with Gasteiger partial charge in [-0.05, 0) is 81.6 Å². The van der Waals surface area contributed by atoms with Crippen molar-refractivity contribution >= 4 is 11.9 Å². The van der Waals surface area contributed by atoms with E-state index in [1.165, 1.54) is 22.3 Å². The Morgan fingerprint density at radius 1 is 0.762 bits per heavy atom. The zero-order valence-corrected chi connectivity index (χ0v) is 25.9. The highest BCUT2D eigenvalue weighted by molar-refractivity contribution is 5.67. The van der Waals surface area contributed by atoms with E-state index in [9.17, 15) is 19.8 Å². The summed E-state index contributed by atoms with van der Waals surface area (Å²) in [4.78, 5) is 23.2. The van der Waals surface area contributed by atoms with Crippen molar-refractivity contribution in [3.05, 3.63) is 47.6 Å². The first kappa shape index (κ1) is 31.2. The summed E-state index contributed by atoms with van der Waals surface area (Å²) < 4.78 is 0. The van der Waals surface area contributed by atoms with E-state index in [1.54, 1.807) is 0 Å². The van der Waals surface area contributed by atoms with Crippen LogP contribution < -0.4 is 21.3 Å². The Kier molecular flexibility index (Phi) is 9.48. The molecule has 0 saturated carbocycles. The molecule has 0 aromatic carbocycles. The van der Waals surface area contributed by atoms with Gasteiger partial charge in [-0.15, -0.1) is 6.58 Å². The van der Waals surface area contributed by atoms with Crippen molar-refractivity contribution in [3.63, 3.8) is 0 Å². The van der Waals surface area contributed by atoms with Gasteiger partial charge < -0.3 is 31.5 Å². The SMILES string of the molecule is C=CC1=C(C)C2CC3NC(CC4NC(CC5NC(CC1N2)C(C)C5C=C)C(C)=C4CCC(=O)O)C(CCC(=O)O)C3C.